The molecule has 0 bridgehead atoms. The lowest BCUT2D eigenvalue weighted by molar-refractivity contribution is -0.160. The molecule has 1 aromatic rings. The molecule has 1 saturated carbocycles. The zero-order chi connectivity index (χ0) is 15.7. The molecule has 0 saturated heterocycles. The maximum absolute atomic E-state index is 12.8. The normalized spacial score (nSPS) is 17.7. The van der Waals surface area contributed by atoms with E-state index >= 15 is 0 Å². The largest absolute Gasteiger partial charge is 0.407 e. The second kappa shape index (κ2) is 5.58. The van der Waals surface area contributed by atoms with Crippen molar-refractivity contribution < 1.29 is 21.6 Å². The highest BCUT2D eigenvalue weighted by molar-refractivity contribution is 7.89. The Morgan fingerprint density at radius 2 is 1.76 bits per heavy atom. The number of rotatable bonds is 6. The van der Waals surface area contributed by atoms with Gasteiger partial charge in [-0.05, 0) is 49.9 Å². The van der Waals surface area contributed by atoms with E-state index in [4.69, 9.17) is 5.73 Å². The summed E-state index contributed by atoms with van der Waals surface area (Å²) in [6.45, 7) is 0.524. The van der Waals surface area contributed by atoms with Crippen LogP contribution in [0.25, 0.3) is 0 Å². The minimum atomic E-state index is -4.57. The Kier molecular flexibility index (Phi) is 4.32. The molecule has 1 aromatic carbocycles. The van der Waals surface area contributed by atoms with Gasteiger partial charge in [0.25, 0.3) is 0 Å². The van der Waals surface area contributed by atoms with Crippen LogP contribution in [-0.4, -0.2) is 26.7 Å². The van der Waals surface area contributed by atoms with E-state index in [0.29, 0.717) is 13.0 Å². The number of hydrogen-bond donors (Lipinski definition) is 2. The molecule has 1 aliphatic carbocycles. The summed E-state index contributed by atoms with van der Waals surface area (Å²) < 4.78 is 64.3. The number of nitrogens with two attached hydrogens (primary N) is 1. The molecule has 21 heavy (non-hydrogen) atoms. The molecule has 0 atom stereocenters. The highest BCUT2D eigenvalue weighted by Gasteiger charge is 2.65. The molecule has 0 spiro atoms. The summed E-state index contributed by atoms with van der Waals surface area (Å²) in [4.78, 5) is -0.158. The van der Waals surface area contributed by atoms with Crippen molar-refractivity contribution in [2.45, 2.75) is 42.3 Å². The topological polar surface area (TPSA) is 72.2 Å². The molecule has 4 nitrogen and oxygen atoms in total. The molecule has 0 radical (unpaired) electrons. The van der Waals surface area contributed by atoms with Crippen molar-refractivity contribution in [2.75, 3.05) is 6.54 Å². The van der Waals surface area contributed by atoms with Gasteiger partial charge in [-0.15, -0.1) is 0 Å². The first-order valence-electron chi connectivity index (χ1n) is 6.60. The lowest BCUT2D eigenvalue weighted by Gasteiger charge is -2.20. The fraction of sp³-hybridized carbons (Fsp3) is 0.538. The molecule has 1 fully saturated rings. The molecule has 0 aromatic heterocycles. The Morgan fingerprint density at radius 1 is 1.19 bits per heavy atom. The van der Waals surface area contributed by atoms with Crippen LogP contribution in [0.15, 0.2) is 29.2 Å². The van der Waals surface area contributed by atoms with Crippen molar-refractivity contribution in [2.24, 2.45) is 5.73 Å². The van der Waals surface area contributed by atoms with Crippen LogP contribution in [0, 0.1) is 0 Å². The molecular weight excluding hydrogens is 305 g/mol. The predicted octanol–water partition coefficient (Wildman–Crippen LogP) is 1.95. The highest BCUT2D eigenvalue weighted by Crippen LogP contribution is 2.49. The van der Waals surface area contributed by atoms with Crippen molar-refractivity contribution in [1.29, 1.82) is 0 Å². The van der Waals surface area contributed by atoms with Gasteiger partial charge in [0.05, 0.1) is 4.90 Å². The van der Waals surface area contributed by atoms with Crippen molar-refractivity contribution in [1.82, 2.24) is 4.72 Å². The number of benzene rings is 1. The van der Waals surface area contributed by atoms with Crippen LogP contribution in [-0.2, 0) is 16.4 Å². The molecular formula is C13H17F3N2O2S. The van der Waals surface area contributed by atoms with Crippen molar-refractivity contribution >= 4 is 10.0 Å². The average Bonchev–Trinajstić information content (AvgIpc) is 3.16. The zero-order valence-electron chi connectivity index (χ0n) is 11.3. The van der Waals surface area contributed by atoms with Crippen LogP contribution < -0.4 is 10.5 Å². The number of aryl methyl sites for hydroxylation is 1. The minimum absolute atomic E-state index is 0.158. The van der Waals surface area contributed by atoms with Crippen LogP contribution in [0.2, 0.25) is 0 Å². The summed E-state index contributed by atoms with van der Waals surface area (Å²) in [6.07, 6.45) is -3.53. The highest BCUT2D eigenvalue weighted by atomic mass is 32.2. The predicted molar refractivity (Wildman–Crippen MR) is 72.2 cm³/mol. The van der Waals surface area contributed by atoms with Gasteiger partial charge in [-0.2, -0.15) is 17.9 Å². The first-order chi connectivity index (χ1) is 9.70. The Hall–Kier alpha value is -1.12. The first kappa shape index (κ1) is 16.3. The van der Waals surface area contributed by atoms with E-state index in [1.807, 2.05) is 0 Å². The van der Waals surface area contributed by atoms with E-state index in [1.165, 1.54) is 12.1 Å². The summed E-state index contributed by atoms with van der Waals surface area (Å²) in [5, 5.41) is 0. The molecule has 3 N–H and O–H groups in total. The third-order valence-corrected chi connectivity index (χ3v) is 5.08. The SMILES string of the molecule is NCCCc1ccc(S(=O)(=O)NC2(C(F)(F)F)CC2)cc1. The second-order valence-corrected chi connectivity index (χ2v) is 6.90. The van der Waals surface area contributed by atoms with Gasteiger partial charge in [-0.3, -0.25) is 0 Å². The Balaban J connectivity index is 2.13. The van der Waals surface area contributed by atoms with E-state index in [0.717, 1.165) is 12.0 Å². The maximum atomic E-state index is 12.8. The maximum Gasteiger partial charge on any atom is 0.407 e. The third-order valence-electron chi connectivity index (χ3n) is 3.53. The number of sulfonamides is 1. The van der Waals surface area contributed by atoms with Crippen LogP contribution in [0.4, 0.5) is 13.2 Å². The van der Waals surface area contributed by atoms with Gasteiger partial charge >= 0.3 is 6.18 Å². The van der Waals surface area contributed by atoms with Gasteiger partial charge in [-0.1, -0.05) is 12.1 Å². The Bertz CT molecular complexity index is 593. The molecule has 2 rings (SSSR count). The summed E-state index contributed by atoms with van der Waals surface area (Å²) in [5.74, 6) is 0. The molecule has 8 heteroatoms. The van der Waals surface area contributed by atoms with Crippen LogP contribution in [0.3, 0.4) is 0 Å². The summed E-state index contributed by atoms with van der Waals surface area (Å²) >= 11 is 0. The number of halogens is 3. The van der Waals surface area contributed by atoms with Gasteiger partial charge in [0.2, 0.25) is 10.0 Å². The molecule has 118 valence electrons. The molecule has 0 unspecified atom stereocenters. The monoisotopic (exact) mass is 322 g/mol. The van der Waals surface area contributed by atoms with Crippen LogP contribution in [0.5, 0.6) is 0 Å². The van der Waals surface area contributed by atoms with Crippen molar-refractivity contribution in [3.05, 3.63) is 29.8 Å². The Morgan fingerprint density at radius 3 is 2.19 bits per heavy atom. The lowest BCUT2D eigenvalue weighted by atomic mass is 10.1. The molecule has 0 aliphatic heterocycles. The number of nitrogens with one attached hydrogen (secondary N) is 1. The van der Waals surface area contributed by atoms with E-state index in [1.54, 1.807) is 16.9 Å². The molecule has 0 amide bonds. The standard InChI is InChI=1S/C13H17F3N2O2S/c14-13(15,16)12(7-8-12)18-21(19,20)11-5-3-10(4-6-11)2-1-9-17/h3-6,18H,1-2,7-9,17H2. The van der Waals surface area contributed by atoms with Crippen molar-refractivity contribution in [3.63, 3.8) is 0 Å². The smallest absolute Gasteiger partial charge is 0.330 e. The number of alkyl halides is 3. The Labute approximate surface area is 121 Å². The second-order valence-electron chi connectivity index (χ2n) is 5.22. The number of hydrogen-bond acceptors (Lipinski definition) is 3. The lowest BCUT2D eigenvalue weighted by Crippen LogP contribution is -2.47. The van der Waals surface area contributed by atoms with Crippen molar-refractivity contribution in [3.8, 4) is 0 Å². The minimum Gasteiger partial charge on any atom is -0.330 e. The summed E-state index contributed by atoms with van der Waals surface area (Å²) in [7, 11) is -4.17. The van der Waals surface area contributed by atoms with Crippen LogP contribution in [0.1, 0.15) is 24.8 Å². The van der Waals surface area contributed by atoms with E-state index in [9.17, 15) is 21.6 Å². The van der Waals surface area contributed by atoms with Gasteiger partial charge < -0.3 is 5.73 Å². The third kappa shape index (κ3) is 3.56. The van der Waals surface area contributed by atoms with Gasteiger partial charge in [0.1, 0.15) is 5.54 Å². The molecule has 0 heterocycles. The van der Waals surface area contributed by atoms with Crippen LogP contribution >= 0.6 is 0 Å². The fourth-order valence-corrected chi connectivity index (χ4v) is 3.47. The summed E-state index contributed by atoms with van der Waals surface area (Å²) in [6, 6.07) is 5.83. The quantitative estimate of drug-likeness (QED) is 0.841. The van der Waals surface area contributed by atoms with E-state index in [-0.39, 0.29) is 17.7 Å². The zero-order valence-corrected chi connectivity index (χ0v) is 12.1. The fourth-order valence-electron chi connectivity index (χ4n) is 2.03. The average molecular weight is 322 g/mol. The first-order valence-corrected chi connectivity index (χ1v) is 8.08. The van der Waals surface area contributed by atoms with E-state index < -0.39 is 21.7 Å². The van der Waals surface area contributed by atoms with E-state index in [2.05, 4.69) is 0 Å². The molecule has 1 aliphatic rings. The van der Waals surface area contributed by atoms with Gasteiger partial charge in [-0.25, -0.2) is 8.42 Å². The van der Waals surface area contributed by atoms with Gasteiger partial charge in [0, 0.05) is 0 Å². The van der Waals surface area contributed by atoms with Gasteiger partial charge in [0.15, 0.2) is 0 Å². The summed E-state index contributed by atoms with van der Waals surface area (Å²) in [5.41, 5.74) is 3.99.